The van der Waals surface area contributed by atoms with Crippen LogP contribution in [-0.4, -0.2) is 51.2 Å². The van der Waals surface area contributed by atoms with Gasteiger partial charge in [-0.25, -0.2) is 4.98 Å². The van der Waals surface area contributed by atoms with Crippen LogP contribution in [0.3, 0.4) is 0 Å². The number of hydrogen-bond acceptors (Lipinski definition) is 6. The molecular weight excluding hydrogens is 246 g/mol. The molecule has 2 aromatic heterocycles. The molecule has 1 aliphatic heterocycles. The Morgan fingerprint density at radius 2 is 2.37 bits per heavy atom. The van der Waals surface area contributed by atoms with Crippen molar-refractivity contribution in [3.63, 3.8) is 0 Å². The van der Waals surface area contributed by atoms with Crippen LogP contribution in [0.4, 0.5) is 5.82 Å². The summed E-state index contributed by atoms with van der Waals surface area (Å²) in [7, 11) is 0. The van der Waals surface area contributed by atoms with Crippen LogP contribution >= 0.6 is 0 Å². The van der Waals surface area contributed by atoms with Crippen LogP contribution in [0, 0.1) is 12.3 Å². The van der Waals surface area contributed by atoms with Crippen molar-refractivity contribution in [3.8, 4) is 0 Å². The molecule has 3 heterocycles. The van der Waals surface area contributed by atoms with Gasteiger partial charge in [0, 0.05) is 18.9 Å². The number of fused-ring (bicyclic) bond motifs is 1. The molecule has 1 unspecified atom stereocenters. The smallest absolute Gasteiger partial charge is 0.203 e. The molecule has 1 atom stereocenters. The molecule has 0 radical (unpaired) electrons. The maximum absolute atomic E-state index is 7.48. The van der Waals surface area contributed by atoms with Gasteiger partial charge in [0.05, 0.1) is 13.2 Å². The number of morpholine rings is 1. The Balaban J connectivity index is 1.97. The fourth-order valence-corrected chi connectivity index (χ4v) is 2.18. The van der Waals surface area contributed by atoms with Crippen LogP contribution in [0.1, 0.15) is 5.82 Å². The van der Waals surface area contributed by atoms with Gasteiger partial charge in [-0.15, -0.1) is 10.2 Å². The second-order valence-corrected chi connectivity index (χ2v) is 4.45. The van der Waals surface area contributed by atoms with Gasteiger partial charge in [-0.3, -0.25) is 9.81 Å². The summed E-state index contributed by atoms with van der Waals surface area (Å²) in [6, 6.07) is 0. The molecular formula is C11H15N7O. The molecule has 3 N–H and O–H groups in total. The van der Waals surface area contributed by atoms with Crippen LogP contribution in [-0.2, 0) is 4.74 Å². The van der Waals surface area contributed by atoms with Crippen molar-refractivity contribution < 1.29 is 4.74 Å². The van der Waals surface area contributed by atoms with Gasteiger partial charge in [0.15, 0.2) is 5.82 Å². The average Bonchev–Trinajstić information content (AvgIpc) is 2.81. The van der Waals surface area contributed by atoms with Gasteiger partial charge in [0.1, 0.15) is 17.8 Å². The number of anilines is 1. The fourth-order valence-electron chi connectivity index (χ4n) is 2.18. The van der Waals surface area contributed by atoms with E-state index >= 15 is 0 Å². The third-order valence-corrected chi connectivity index (χ3v) is 3.19. The van der Waals surface area contributed by atoms with Crippen molar-refractivity contribution in [2.24, 2.45) is 5.73 Å². The van der Waals surface area contributed by atoms with Crippen LogP contribution in [0.15, 0.2) is 12.4 Å². The van der Waals surface area contributed by atoms with E-state index in [1.165, 1.54) is 0 Å². The Labute approximate surface area is 109 Å². The molecule has 0 saturated carbocycles. The Morgan fingerprint density at radius 1 is 1.53 bits per heavy atom. The minimum Gasteiger partial charge on any atom is -0.385 e. The number of nitrogens with one attached hydrogen (secondary N) is 1. The standard InChI is InChI=1S/C11H15N7O/c1-7-15-16-11-10(14-2-3-18(7)11)17-4-5-19-8(6-17)9(12)13/h2-3,8H,4-6H2,1H3,(H3,12,13). The van der Waals surface area contributed by atoms with Gasteiger partial charge in [-0.1, -0.05) is 0 Å². The summed E-state index contributed by atoms with van der Waals surface area (Å²) >= 11 is 0. The summed E-state index contributed by atoms with van der Waals surface area (Å²) in [6.45, 7) is 3.61. The highest BCUT2D eigenvalue weighted by Gasteiger charge is 2.25. The van der Waals surface area contributed by atoms with E-state index < -0.39 is 0 Å². The van der Waals surface area contributed by atoms with Gasteiger partial charge in [-0.05, 0) is 6.92 Å². The second-order valence-electron chi connectivity index (χ2n) is 4.45. The predicted octanol–water partition coefficient (Wildman–Crippen LogP) is -0.426. The number of ether oxygens (including phenoxy) is 1. The minimum absolute atomic E-state index is 0.0364. The number of rotatable bonds is 2. The molecule has 1 saturated heterocycles. The zero-order valence-corrected chi connectivity index (χ0v) is 10.6. The van der Waals surface area contributed by atoms with E-state index in [1.54, 1.807) is 6.20 Å². The summed E-state index contributed by atoms with van der Waals surface area (Å²) in [5.74, 6) is 1.60. The first kappa shape index (κ1) is 11.8. The highest BCUT2D eigenvalue weighted by Crippen LogP contribution is 2.20. The van der Waals surface area contributed by atoms with E-state index in [9.17, 15) is 0 Å². The van der Waals surface area contributed by atoms with Gasteiger partial charge >= 0.3 is 0 Å². The van der Waals surface area contributed by atoms with Crippen molar-refractivity contribution >= 4 is 17.3 Å². The molecule has 19 heavy (non-hydrogen) atoms. The van der Waals surface area contributed by atoms with Crippen LogP contribution in [0.25, 0.3) is 5.65 Å². The number of aromatic nitrogens is 4. The quantitative estimate of drug-likeness (QED) is 0.561. The summed E-state index contributed by atoms with van der Waals surface area (Å²) in [6.07, 6.45) is 3.16. The predicted molar refractivity (Wildman–Crippen MR) is 69.4 cm³/mol. The molecule has 2 aromatic rings. The molecule has 0 amide bonds. The van der Waals surface area contributed by atoms with E-state index in [4.69, 9.17) is 15.9 Å². The van der Waals surface area contributed by atoms with Gasteiger partial charge in [0.2, 0.25) is 5.65 Å². The number of nitrogens with zero attached hydrogens (tertiary/aromatic N) is 5. The SMILES string of the molecule is Cc1nnc2c(N3CCOC(C(=N)N)C3)nccn12. The molecule has 8 nitrogen and oxygen atoms in total. The first-order chi connectivity index (χ1) is 9.16. The van der Waals surface area contributed by atoms with E-state index in [2.05, 4.69) is 15.2 Å². The van der Waals surface area contributed by atoms with Crippen molar-refractivity contribution in [2.75, 3.05) is 24.6 Å². The zero-order valence-electron chi connectivity index (χ0n) is 10.6. The Kier molecular flexibility index (Phi) is 2.79. The lowest BCUT2D eigenvalue weighted by Gasteiger charge is -2.32. The molecule has 1 aliphatic rings. The number of nitrogens with two attached hydrogens (primary N) is 1. The summed E-state index contributed by atoms with van der Waals surface area (Å²) < 4.78 is 7.34. The highest BCUT2D eigenvalue weighted by molar-refractivity contribution is 5.83. The van der Waals surface area contributed by atoms with Crippen molar-refractivity contribution in [2.45, 2.75) is 13.0 Å². The molecule has 8 heteroatoms. The molecule has 100 valence electrons. The fraction of sp³-hybridized carbons (Fsp3) is 0.455. The van der Waals surface area contributed by atoms with E-state index in [-0.39, 0.29) is 11.9 Å². The third-order valence-electron chi connectivity index (χ3n) is 3.19. The third kappa shape index (κ3) is 1.99. The Morgan fingerprint density at radius 3 is 3.16 bits per heavy atom. The topological polar surface area (TPSA) is 105 Å². The first-order valence-electron chi connectivity index (χ1n) is 6.03. The van der Waals surface area contributed by atoms with Gasteiger partial charge in [0.25, 0.3) is 0 Å². The lowest BCUT2D eigenvalue weighted by molar-refractivity contribution is 0.0824. The van der Waals surface area contributed by atoms with Crippen LogP contribution in [0.5, 0.6) is 0 Å². The number of amidine groups is 1. The number of hydrogen-bond donors (Lipinski definition) is 2. The Bertz CT molecular complexity index is 623. The largest absolute Gasteiger partial charge is 0.385 e. The average molecular weight is 261 g/mol. The normalized spacial score (nSPS) is 19.8. The van der Waals surface area contributed by atoms with Crippen molar-refractivity contribution in [1.82, 2.24) is 19.6 Å². The second kappa shape index (κ2) is 4.47. The van der Waals surface area contributed by atoms with Gasteiger partial charge in [-0.2, -0.15) is 0 Å². The molecule has 0 bridgehead atoms. The summed E-state index contributed by atoms with van der Waals surface area (Å²) in [5, 5.41) is 15.7. The molecule has 0 spiro atoms. The highest BCUT2D eigenvalue weighted by atomic mass is 16.5. The monoisotopic (exact) mass is 261 g/mol. The molecule has 1 fully saturated rings. The first-order valence-corrected chi connectivity index (χ1v) is 6.03. The minimum atomic E-state index is -0.389. The summed E-state index contributed by atoms with van der Waals surface area (Å²) in [5.41, 5.74) is 6.21. The molecule has 0 aromatic carbocycles. The van der Waals surface area contributed by atoms with Gasteiger partial charge < -0.3 is 15.4 Å². The lowest BCUT2D eigenvalue weighted by Crippen LogP contribution is -2.48. The van der Waals surface area contributed by atoms with Crippen LogP contribution in [0.2, 0.25) is 0 Å². The molecule has 0 aliphatic carbocycles. The zero-order chi connectivity index (χ0) is 13.4. The van der Waals surface area contributed by atoms with E-state index in [0.29, 0.717) is 25.3 Å². The summed E-state index contributed by atoms with van der Waals surface area (Å²) in [4.78, 5) is 6.40. The van der Waals surface area contributed by atoms with E-state index in [0.717, 1.165) is 11.6 Å². The van der Waals surface area contributed by atoms with Crippen molar-refractivity contribution in [1.29, 1.82) is 5.41 Å². The maximum atomic E-state index is 7.48. The Hall–Kier alpha value is -2.22. The maximum Gasteiger partial charge on any atom is 0.203 e. The van der Waals surface area contributed by atoms with Crippen molar-refractivity contribution in [3.05, 3.63) is 18.2 Å². The van der Waals surface area contributed by atoms with E-state index in [1.807, 2.05) is 22.4 Å². The lowest BCUT2D eigenvalue weighted by atomic mass is 10.2. The number of aryl methyl sites for hydroxylation is 1. The molecule has 3 rings (SSSR count). The van der Waals surface area contributed by atoms with Crippen LogP contribution < -0.4 is 10.6 Å².